The molecule has 0 bridgehead atoms. The molecule has 2 atom stereocenters. The molecule has 0 radical (unpaired) electrons. The summed E-state index contributed by atoms with van der Waals surface area (Å²) >= 11 is 0. The van der Waals surface area contributed by atoms with E-state index in [0.29, 0.717) is 11.9 Å². The third-order valence-electron chi connectivity index (χ3n) is 3.36. The minimum atomic E-state index is 0.611. The van der Waals surface area contributed by atoms with Crippen LogP contribution < -0.4 is 15.1 Å². The molecule has 1 aliphatic carbocycles. The van der Waals surface area contributed by atoms with Gasteiger partial charge in [0.05, 0.1) is 0 Å². The van der Waals surface area contributed by atoms with Gasteiger partial charge in [-0.25, -0.2) is 0 Å². The molecule has 1 heterocycles. The van der Waals surface area contributed by atoms with Gasteiger partial charge in [0.15, 0.2) is 0 Å². The second-order valence-electron chi connectivity index (χ2n) is 5.26. The van der Waals surface area contributed by atoms with Crippen LogP contribution in [0.3, 0.4) is 0 Å². The molecule has 0 saturated heterocycles. The van der Waals surface area contributed by atoms with Crippen LogP contribution in [0.15, 0.2) is 0 Å². The molecule has 100 valence electrons. The summed E-state index contributed by atoms with van der Waals surface area (Å²) in [5.41, 5.74) is 0. The highest BCUT2D eigenvalue weighted by atomic mass is 15.3. The molecule has 1 N–H and O–H groups in total. The Balaban J connectivity index is 2.17. The van der Waals surface area contributed by atoms with Crippen molar-refractivity contribution in [3.05, 3.63) is 0 Å². The topological polar surface area (TPSA) is 57.2 Å². The van der Waals surface area contributed by atoms with Crippen LogP contribution >= 0.6 is 0 Å². The van der Waals surface area contributed by atoms with E-state index in [1.54, 1.807) is 0 Å². The van der Waals surface area contributed by atoms with Gasteiger partial charge < -0.3 is 15.1 Å². The fraction of sp³-hybridized carbons (Fsp3) is 0.750. The van der Waals surface area contributed by atoms with Crippen molar-refractivity contribution >= 4 is 17.8 Å². The Labute approximate surface area is 108 Å². The third-order valence-corrected chi connectivity index (χ3v) is 3.36. The van der Waals surface area contributed by atoms with Gasteiger partial charge in [-0.2, -0.15) is 15.0 Å². The van der Waals surface area contributed by atoms with Crippen LogP contribution in [0.4, 0.5) is 17.8 Å². The summed E-state index contributed by atoms with van der Waals surface area (Å²) in [6.07, 6.45) is 1.31. The average Bonchev–Trinajstić information content (AvgIpc) is 3.04. The maximum atomic E-state index is 4.48. The lowest BCUT2D eigenvalue weighted by Crippen LogP contribution is -2.25. The molecule has 1 saturated carbocycles. The van der Waals surface area contributed by atoms with Gasteiger partial charge in [0.25, 0.3) is 0 Å². The first kappa shape index (κ1) is 12.9. The number of nitrogens with one attached hydrogen (secondary N) is 1. The quantitative estimate of drug-likeness (QED) is 0.843. The molecule has 2 rings (SSSR count). The molecule has 0 amide bonds. The molecule has 0 aliphatic heterocycles. The maximum absolute atomic E-state index is 4.48. The van der Waals surface area contributed by atoms with E-state index in [1.165, 1.54) is 6.42 Å². The van der Waals surface area contributed by atoms with Crippen LogP contribution in [0.5, 0.6) is 0 Å². The fourth-order valence-electron chi connectivity index (χ4n) is 1.92. The van der Waals surface area contributed by atoms with E-state index in [2.05, 4.69) is 32.1 Å². The van der Waals surface area contributed by atoms with Crippen LogP contribution in [-0.4, -0.2) is 49.7 Å². The zero-order chi connectivity index (χ0) is 13.3. The molecular weight excluding hydrogens is 228 g/mol. The lowest BCUT2D eigenvalue weighted by atomic mass is 10.3. The van der Waals surface area contributed by atoms with Gasteiger partial charge in [-0.15, -0.1) is 0 Å². The lowest BCUT2D eigenvalue weighted by Gasteiger charge is -2.19. The van der Waals surface area contributed by atoms with E-state index in [-0.39, 0.29) is 0 Å². The predicted molar refractivity (Wildman–Crippen MR) is 74.2 cm³/mol. The summed E-state index contributed by atoms with van der Waals surface area (Å²) < 4.78 is 0. The van der Waals surface area contributed by atoms with Crippen LogP contribution in [0.25, 0.3) is 0 Å². The number of hydrogen-bond acceptors (Lipinski definition) is 6. The van der Waals surface area contributed by atoms with Crippen molar-refractivity contribution < 1.29 is 0 Å². The SMILES string of the molecule is CNc1nc(N(C)C)nc(N(C)CC2CC2C)n1. The summed E-state index contributed by atoms with van der Waals surface area (Å²) in [6.45, 7) is 3.30. The summed E-state index contributed by atoms with van der Waals surface area (Å²) in [5, 5.41) is 2.98. The highest BCUT2D eigenvalue weighted by molar-refractivity contribution is 5.43. The standard InChI is InChI=1S/C12H22N6/c1-8-6-9(8)7-18(5)12-15-10(13-2)14-11(16-12)17(3)4/h8-9H,6-7H2,1-5H3,(H,13,14,15,16). The molecule has 1 aliphatic rings. The number of nitrogens with zero attached hydrogens (tertiary/aromatic N) is 5. The Bertz CT molecular complexity index is 419. The van der Waals surface area contributed by atoms with Crippen molar-refractivity contribution in [1.82, 2.24) is 15.0 Å². The van der Waals surface area contributed by atoms with Gasteiger partial charge in [-0.1, -0.05) is 6.92 Å². The van der Waals surface area contributed by atoms with Gasteiger partial charge in [0, 0.05) is 34.7 Å². The molecule has 0 spiro atoms. The zero-order valence-electron chi connectivity index (χ0n) is 11.8. The Hall–Kier alpha value is -1.59. The normalized spacial score (nSPS) is 21.6. The number of anilines is 3. The zero-order valence-corrected chi connectivity index (χ0v) is 11.8. The Kier molecular flexibility index (Phi) is 3.54. The van der Waals surface area contributed by atoms with E-state index in [0.717, 1.165) is 24.3 Å². The largest absolute Gasteiger partial charge is 0.357 e. The van der Waals surface area contributed by atoms with E-state index >= 15 is 0 Å². The Morgan fingerprint density at radius 1 is 1.17 bits per heavy atom. The molecule has 18 heavy (non-hydrogen) atoms. The van der Waals surface area contributed by atoms with Gasteiger partial charge in [0.2, 0.25) is 17.8 Å². The van der Waals surface area contributed by atoms with Crippen LogP contribution in [0.1, 0.15) is 13.3 Å². The van der Waals surface area contributed by atoms with Gasteiger partial charge >= 0.3 is 0 Å². The summed E-state index contributed by atoms with van der Waals surface area (Å²) in [5.74, 6) is 3.65. The van der Waals surface area contributed by atoms with Gasteiger partial charge in [-0.05, 0) is 18.3 Å². The highest BCUT2D eigenvalue weighted by Crippen LogP contribution is 2.38. The van der Waals surface area contributed by atoms with E-state index in [1.807, 2.05) is 33.1 Å². The van der Waals surface area contributed by atoms with Gasteiger partial charge in [0.1, 0.15) is 0 Å². The first-order chi connectivity index (χ1) is 8.51. The molecule has 0 aromatic carbocycles. The van der Waals surface area contributed by atoms with Crippen molar-refractivity contribution in [2.45, 2.75) is 13.3 Å². The van der Waals surface area contributed by atoms with Crippen LogP contribution in [0, 0.1) is 11.8 Å². The van der Waals surface area contributed by atoms with E-state index in [9.17, 15) is 0 Å². The average molecular weight is 250 g/mol. The van der Waals surface area contributed by atoms with Gasteiger partial charge in [-0.3, -0.25) is 0 Å². The summed E-state index contributed by atoms with van der Waals surface area (Å²) in [6, 6.07) is 0. The molecular formula is C12H22N6. The monoisotopic (exact) mass is 250 g/mol. The first-order valence-corrected chi connectivity index (χ1v) is 6.33. The predicted octanol–water partition coefficient (Wildman–Crippen LogP) is 1.07. The first-order valence-electron chi connectivity index (χ1n) is 6.33. The van der Waals surface area contributed by atoms with Crippen LogP contribution in [0.2, 0.25) is 0 Å². The minimum absolute atomic E-state index is 0.611. The lowest BCUT2D eigenvalue weighted by molar-refractivity contribution is 0.709. The van der Waals surface area contributed by atoms with Crippen molar-refractivity contribution in [1.29, 1.82) is 0 Å². The smallest absolute Gasteiger partial charge is 0.231 e. The van der Waals surface area contributed by atoms with Crippen molar-refractivity contribution in [2.75, 3.05) is 49.9 Å². The molecule has 2 unspecified atom stereocenters. The third kappa shape index (κ3) is 2.80. The second-order valence-corrected chi connectivity index (χ2v) is 5.26. The van der Waals surface area contributed by atoms with E-state index < -0.39 is 0 Å². The minimum Gasteiger partial charge on any atom is -0.357 e. The van der Waals surface area contributed by atoms with Crippen molar-refractivity contribution in [3.63, 3.8) is 0 Å². The number of rotatable bonds is 5. The van der Waals surface area contributed by atoms with Crippen LogP contribution in [-0.2, 0) is 0 Å². The Morgan fingerprint density at radius 2 is 1.78 bits per heavy atom. The number of aromatic nitrogens is 3. The van der Waals surface area contributed by atoms with Crippen molar-refractivity contribution in [3.8, 4) is 0 Å². The van der Waals surface area contributed by atoms with E-state index in [4.69, 9.17) is 0 Å². The fourth-order valence-corrected chi connectivity index (χ4v) is 1.92. The molecule has 6 nitrogen and oxygen atoms in total. The molecule has 6 heteroatoms. The second kappa shape index (κ2) is 4.96. The highest BCUT2D eigenvalue weighted by Gasteiger charge is 2.33. The maximum Gasteiger partial charge on any atom is 0.231 e. The molecule has 1 fully saturated rings. The van der Waals surface area contributed by atoms with Crippen molar-refractivity contribution in [2.24, 2.45) is 11.8 Å². The summed E-state index contributed by atoms with van der Waals surface area (Å²) in [7, 11) is 7.73. The Morgan fingerprint density at radius 3 is 2.28 bits per heavy atom. The molecule has 1 aromatic heterocycles. The summed E-state index contributed by atoms with van der Waals surface area (Å²) in [4.78, 5) is 17.2. The number of hydrogen-bond donors (Lipinski definition) is 1. The molecule has 1 aromatic rings.